The number of fused-ring (bicyclic) bond motifs is 1. The molecule has 0 saturated heterocycles. The number of nitrogens with two attached hydrogens (primary N) is 1. The average molecular weight is 260 g/mol. The Labute approximate surface area is 106 Å². The van der Waals surface area contributed by atoms with Gasteiger partial charge in [0, 0.05) is 12.8 Å². The van der Waals surface area contributed by atoms with Crippen molar-refractivity contribution in [3.63, 3.8) is 0 Å². The molecule has 0 spiro atoms. The van der Waals surface area contributed by atoms with E-state index < -0.39 is 11.5 Å². The molecule has 0 radical (unpaired) electrons. The fraction of sp³-hybridized carbons (Fsp3) is 0.417. The maximum atomic E-state index is 13.5. The van der Waals surface area contributed by atoms with Crippen molar-refractivity contribution in [2.24, 2.45) is 5.73 Å². The van der Waals surface area contributed by atoms with Gasteiger partial charge in [-0.05, 0) is 24.1 Å². The molecule has 0 amide bonds. The third-order valence-corrected chi connectivity index (χ3v) is 2.90. The van der Waals surface area contributed by atoms with Gasteiger partial charge in [0.1, 0.15) is 11.4 Å². The van der Waals surface area contributed by atoms with E-state index in [0.717, 1.165) is 5.56 Å². The highest BCUT2D eigenvalue weighted by molar-refractivity contribution is 5.85. The number of halogens is 2. The van der Waals surface area contributed by atoms with Gasteiger partial charge >= 0.3 is 5.97 Å². The van der Waals surface area contributed by atoms with Crippen LogP contribution in [-0.2, 0) is 22.4 Å². The highest BCUT2D eigenvalue weighted by Crippen LogP contribution is 2.31. The van der Waals surface area contributed by atoms with E-state index in [1.165, 1.54) is 6.07 Å². The molecule has 0 aliphatic heterocycles. The normalized spacial score (nSPS) is 21.6. The topological polar surface area (TPSA) is 52.3 Å². The summed E-state index contributed by atoms with van der Waals surface area (Å²) in [5.74, 6) is -0.750. The monoisotopic (exact) mass is 259 g/mol. The van der Waals surface area contributed by atoms with Crippen molar-refractivity contribution in [3.8, 4) is 0 Å². The van der Waals surface area contributed by atoms with Gasteiger partial charge in [0.15, 0.2) is 0 Å². The van der Waals surface area contributed by atoms with Crippen LogP contribution in [0.15, 0.2) is 18.2 Å². The van der Waals surface area contributed by atoms with Gasteiger partial charge in [0.05, 0.1) is 6.61 Å². The van der Waals surface area contributed by atoms with E-state index in [4.69, 9.17) is 10.5 Å². The number of benzene rings is 1. The molecule has 0 bridgehead atoms. The summed E-state index contributed by atoms with van der Waals surface area (Å²) in [7, 11) is 0. The molecule has 0 saturated carbocycles. The quantitative estimate of drug-likeness (QED) is 0.821. The molecule has 1 aromatic rings. The predicted octanol–water partition coefficient (Wildman–Crippen LogP) is 1.61. The molecule has 5 heteroatoms. The number of carbonyl (C=O) groups is 1. The van der Waals surface area contributed by atoms with Crippen LogP contribution in [0.3, 0.4) is 0 Å². The molecular formula is C12H15ClFNO2. The summed E-state index contributed by atoms with van der Waals surface area (Å²) in [6.07, 6.45) is 0.562. The van der Waals surface area contributed by atoms with Crippen LogP contribution in [-0.4, -0.2) is 18.1 Å². The third-order valence-electron chi connectivity index (χ3n) is 2.90. The van der Waals surface area contributed by atoms with Gasteiger partial charge in [0.25, 0.3) is 0 Å². The van der Waals surface area contributed by atoms with Crippen LogP contribution in [0.1, 0.15) is 18.1 Å². The van der Waals surface area contributed by atoms with Gasteiger partial charge in [-0.15, -0.1) is 12.4 Å². The lowest BCUT2D eigenvalue weighted by atomic mass is 9.97. The summed E-state index contributed by atoms with van der Waals surface area (Å²) >= 11 is 0. The Morgan fingerprint density at radius 3 is 2.82 bits per heavy atom. The van der Waals surface area contributed by atoms with Crippen LogP contribution in [0.2, 0.25) is 0 Å². The Morgan fingerprint density at radius 1 is 1.53 bits per heavy atom. The largest absolute Gasteiger partial charge is 0.465 e. The zero-order valence-electron chi connectivity index (χ0n) is 9.53. The van der Waals surface area contributed by atoms with Gasteiger partial charge in [0.2, 0.25) is 0 Å². The van der Waals surface area contributed by atoms with E-state index in [0.29, 0.717) is 12.0 Å². The minimum atomic E-state index is -1.10. The summed E-state index contributed by atoms with van der Waals surface area (Å²) in [6.45, 7) is 2.01. The van der Waals surface area contributed by atoms with E-state index in [1.807, 2.05) is 0 Å². The lowest BCUT2D eigenvalue weighted by Gasteiger charge is -2.20. The zero-order valence-corrected chi connectivity index (χ0v) is 10.3. The van der Waals surface area contributed by atoms with Crippen LogP contribution >= 0.6 is 12.4 Å². The molecule has 1 aromatic carbocycles. The average Bonchev–Trinajstić information content (AvgIpc) is 2.58. The van der Waals surface area contributed by atoms with E-state index in [-0.39, 0.29) is 31.3 Å². The number of hydrogen-bond donors (Lipinski definition) is 1. The van der Waals surface area contributed by atoms with Gasteiger partial charge in [-0.1, -0.05) is 12.1 Å². The minimum Gasteiger partial charge on any atom is -0.465 e. The lowest BCUT2D eigenvalue weighted by Crippen LogP contribution is -2.50. The summed E-state index contributed by atoms with van der Waals surface area (Å²) in [5, 5.41) is 0. The van der Waals surface area contributed by atoms with Crippen molar-refractivity contribution in [1.29, 1.82) is 0 Å². The van der Waals surface area contributed by atoms with Crippen molar-refractivity contribution in [2.75, 3.05) is 6.61 Å². The molecule has 1 aliphatic carbocycles. The molecule has 94 valence electrons. The maximum absolute atomic E-state index is 13.5. The van der Waals surface area contributed by atoms with E-state index in [9.17, 15) is 9.18 Å². The van der Waals surface area contributed by atoms with Crippen LogP contribution in [0.25, 0.3) is 0 Å². The molecule has 1 unspecified atom stereocenters. The molecule has 2 N–H and O–H groups in total. The van der Waals surface area contributed by atoms with Gasteiger partial charge in [-0.2, -0.15) is 0 Å². The van der Waals surface area contributed by atoms with Crippen molar-refractivity contribution in [3.05, 3.63) is 35.1 Å². The predicted molar refractivity (Wildman–Crippen MR) is 64.6 cm³/mol. The second-order valence-corrected chi connectivity index (χ2v) is 4.11. The first-order chi connectivity index (χ1) is 7.57. The molecule has 1 aliphatic rings. The van der Waals surface area contributed by atoms with E-state index in [2.05, 4.69) is 0 Å². The molecule has 3 nitrogen and oxygen atoms in total. The second-order valence-electron chi connectivity index (χ2n) is 4.11. The summed E-state index contributed by atoms with van der Waals surface area (Å²) in [6, 6.07) is 4.81. The lowest BCUT2D eigenvalue weighted by molar-refractivity contribution is -0.149. The molecule has 17 heavy (non-hydrogen) atoms. The summed E-state index contributed by atoms with van der Waals surface area (Å²) < 4.78 is 18.4. The van der Waals surface area contributed by atoms with Crippen molar-refractivity contribution in [2.45, 2.75) is 25.3 Å². The van der Waals surface area contributed by atoms with Gasteiger partial charge in [-0.25, -0.2) is 4.39 Å². The number of ether oxygens (including phenoxy) is 1. The standard InChI is InChI=1S/C12H14FNO2.ClH/c1-2-16-11(15)12(14)6-8-4-3-5-10(13)9(8)7-12;/h3-5H,2,6-7,14H2,1H3;1H. The van der Waals surface area contributed by atoms with Gasteiger partial charge in [-0.3, -0.25) is 4.79 Å². The number of rotatable bonds is 2. The zero-order chi connectivity index (χ0) is 11.8. The first kappa shape index (κ1) is 13.9. The van der Waals surface area contributed by atoms with Crippen LogP contribution in [0.4, 0.5) is 4.39 Å². The molecule has 0 heterocycles. The Balaban J connectivity index is 0.00000144. The SMILES string of the molecule is CCOC(=O)C1(N)Cc2cccc(F)c2C1.Cl. The fourth-order valence-corrected chi connectivity index (χ4v) is 2.10. The highest BCUT2D eigenvalue weighted by Gasteiger charge is 2.42. The van der Waals surface area contributed by atoms with E-state index >= 15 is 0 Å². The first-order valence-corrected chi connectivity index (χ1v) is 5.29. The smallest absolute Gasteiger partial charge is 0.326 e. The first-order valence-electron chi connectivity index (χ1n) is 5.29. The molecule has 0 fully saturated rings. The number of carbonyl (C=O) groups excluding carboxylic acids is 1. The van der Waals surface area contributed by atoms with E-state index in [1.54, 1.807) is 19.1 Å². The van der Waals surface area contributed by atoms with Crippen LogP contribution in [0, 0.1) is 5.82 Å². The minimum absolute atomic E-state index is 0. The molecular weight excluding hydrogens is 245 g/mol. The number of esters is 1. The fourth-order valence-electron chi connectivity index (χ4n) is 2.10. The molecule has 2 rings (SSSR count). The van der Waals surface area contributed by atoms with Crippen LogP contribution < -0.4 is 5.73 Å². The van der Waals surface area contributed by atoms with Crippen molar-refractivity contribution < 1.29 is 13.9 Å². The summed E-state index contributed by atoms with van der Waals surface area (Å²) in [5.41, 5.74) is 6.21. The summed E-state index contributed by atoms with van der Waals surface area (Å²) in [4.78, 5) is 11.7. The maximum Gasteiger partial charge on any atom is 0.326 e. The Hall–Kier alpha value is -1.13. The second kappa shape index (κ2) is 5.02. The molecule has 1 atom stereocenters. The highest BCUT2D eigenvalue weighted by atomic mass is 35.5. The Bertz CT molecular complexity index is 439. The number of hydrogen-bond acceptors (Lipinski definition) is 3. The van der Waals surface area contributed by atoms with Crippen LogP contribution in [0.5, 0.6) is 0 Å². The molecule has 0 aromatic heterocycles. The Morgan fingerprint density at radius 2 is 2.24 bits per heavy atom. The Kier molecular flexibility index (Phi) is 4.11. The van der Waals surface area contributed by atoms with Crippen molar-refractivity contribution in [1.82, 2.24) is 0 Å². The van der Waals surface area contributed by atoms with Gasteiger partial charge < -0.3 is 10.5 Å². The third kappa shape index (κ3) is 2.42. The van der Waals surface area contributed by atoms with Crippen molar-refractivity contribution >= 4 is 18.4 Å².